The van der Waals surface area contributed by atoms with Crippen molar-refractivity contribution in [1.82, 2.24) is 0 Å². The third-order valence-corrected chi connectivity index (χ3v) is 7.59. The van der Waals surface area contributed by atoms with E-state index >= 15 is 0 Å². The molecule has 0 saturated heterocycles. The van der Waals surface area contributed by atoms with E-state index in [1.54, 1.807) is 0 Å². The fraction of sp³-hybridized carbons (Fsp3) is 0. The molecule has 7 aromatic rings. The fourth-order valence-electron chi connectivity index (χ4n) is 6.22. The molecule has 8 rings (SSSR count). The van der Waals surface area contributed by atoms with Crippen LogP contribution in [0.1, 0.15) is 0 Å². The van der Waals surface area contributed by atoms with E-state index in [1.807, 2.05) is 0 Å². The van der Waals surface area contributed by atoms with Gasteiger partial charge in [-0.3, -0.25) is 0 Å². The maximum atomic E-state index is 2.34. The lowest BCUT2D eigenvalue weighted by Gasteiger charge is -2.17. The summed E-state index contributed by atoms with van der Waals surface area (Å²) in [4.78, 5) is 0. The standard InChI is InChI=1S/C34H20/c1-2-11-24-22(10-1)23-12-3-5-14-27(23)33-28(24)17-8-18-30(33)31-20-19-21-9-7-16-26-25-13-4-6-15-29(25)34(31)32(21)26/h1-20H. The van der Waals surface area contributed by atoms with Crippen LogP contribution in [0.25, 0.3) is 76.5 Å². The predicted octanol–water partition coefficient (Wildman–Crippen LogP) is 9.61. The van der Waals surface area contributed by atoms with Gasteiger partial charge in [-0.15, -0.1) is 0 Å². The lowest BCUT2D eigenvalue weighted by molar-refractivity contribution is 1.68. The lowest BCUT2D eigenvalue weighted by Crippen LogP contribution is -1.89. The first kappa shape index (κ1) is 18.1. The summed E-state index contributed by atoms with van der Waals surface area (Å²) in [6.07, 6.45) is 0. The van der Waals surface area contributed by atoms with Crippen LogP contribution in [-0.2, 0) is 0 Å². The highest BCUT2D eigenvalue weighted by atomic mass is 14.3. The summed E-state index contributed by atoms with van der Waals surface area (Å²) in [5, 5.41) is 10.6. The van der Waals surface area contributed by atoms with Crippen LogP contribution in [0.2, 0.25) is 0 Å². The second kappa shape index (κ2) is 6.56. The fourth-order valence-corrected chi connectivity index (χ4v) is 6.22. The molecule has 0 spiro atoms. The number of fused-ring (bicyclic) bond motifs is 9. The lowest BCUT2D eigenvalue weighted by atomic mass is 9.86. The first-order chi connectivity index (χ1) is 16.9. The van der Waals surface area contributed by atoms with E-state index < -0.39 is 0 Å². The Morgan fingerprint density at radius 3 is 1.50 bits per heavy atom. The van der Waals surface area contributed by atoms with E-state index in [-0.39, 0.29) is 0 Å². The summed E-state index contributed by atoms with van der Waals surface area (Å²) >= 11 is 0. The summed E-state index contributed by atoms with van der Waals surface area (Å²) in [5.41, 5.74) is 8.02. The molecule has 0 nitrogen and oxygen atoms in total. The third kappa shape index (κ3) is 2.23. The molecular weight excluding hydrogens is 408 g/mol. The molecule has 1 aliphatic rings. The zero-order valence-corrected chi connectivity index (χ0v) is 18.5. The zero-order chi connectivity index (χ0) is 22.2. The zero-order valence-electron chi connectivity index (χ0n) is 18.5. The van der Waals surface area contributed by atoms with Gasteiger partial charge in [0.05, 0.1) is 0 Å². The number of hydrogen-bond acceptors (Lipinski definition) is 0. The molecule has 34 heavy (non-hydrogen) atoms. The quantitative estimate of drug-likeness (QED) is 0.228. The van der Waals surface area contributed by atoms with Gasteiger partial charge in [0.15, 0.2) is 0 Å². The Hall–Kier alpha value is -4.42. The molecule has 0 heterocycles. The van der Waals surface area contributed by atoms with Gasteiger partial charge in [-0.2, -0.15) is 0 Å². The highest BCUT2D eigenvalue weighted by molar-refractivity contribution is 6.30. The van der Waals surface area contributed by atoms with E-state index in [0.29, 0.717) is 0 Å². The molecule has 0 radical (unpaired) electrons. The van der Waals surface area contributed by atoms with Crippen molar-refractivity contribution in [2.24, 2.45) is 0 Å². The molecule has 0 heteroatoms. The molecule has 0 aliphatic heterocycles. The smallest absolute Gasteiger partial charge is 0.00141 e. The van der Waals surface area contributed by atoms with Gasteiger partial charge in [0.1, 0.15) is 0 Å². The number of benzene rings is 7. The van der Waals surface area contributed by atoms with Crippen LogP contribution in [0.15, 0.2) is 121 Å². The van der Waals surface area contributed by atoms with E-state index in [2.05, 4.69) is 121 Å². The van der Waals surface area contributed by atoms with Gasteiger partial charge in [0.25, 0.3) is 0 Å². The van der Waals surface area contributed by atoms with E-state index in [0.717, 1.165) is 0 Å². The number of hydrogen-bond donors (Lipinski definition) is 0. The van der Waals surface area contributed by atoms with Crippen molar-refractivity contribution in [2.45, 2.75) is 0 Å². The molecule has 0 atom stereocenters. The van der Waals surface area contributed by atoms with Crippen LogP contribution in [-0.4, -0.2) is 0 Å². The highest BCUT2D eigenvalue weighted by Gasteiger charge is 2.25. The van der Waals surface area contributed by atoms with Crippen molar-refractivity contribution in [3.8, 4) is 33.4 Å². The van der Waals surface area contributed by atoms with Crippen molar-refractivity contribution in [3.05, 3.63) is 121 Å². The van der Waals surface area contributed by atoms with Crippen LogP contribution in [0.4, 0.5) is 0 Å². The van der Waals surface area contributed by atoms with Crippen molar-refractivity contribution in [3.63, 3.8) is 0 Å². The maximum Gasteiger partial charge on any atom is -0.00141 e. The average Bonchev–Trinajstić information content (AvgIpc) is 3.25. The summed E-state index contributed by atoms with van der Waals surface area (Å²) in [7, 11) is 0. The van der Waals surface area contributed by atoms with Crippen LogP contribution < -0.4 is 0 Å². The largest absolute Gasteiger partial charge is 0.0616 e. The first-order valence-corrected chi connectivity index (χ1v) is 11.9. The van der Waals surface area contributed by atoms with Crippen molar-refractivity contribution < 1.29 is 0 Å². The predicted molar refractivity (Wildman–Crippen MR) is 146 cm³/mol. The molecule has 7 aromatic carbocycles. The Bertz CT molecular complexity index is 1910. The van der Waals surface area contributed by atoms with Crippen LogP contribution >= 0.6 is 0 Å². The number of rotatable bonds is 1. The van der Waals surface area contributed by atoms with Gasteiger partial charge >= 0.3 is 0 Å². The summed E-state index contributed by atoms with van der Waals surface area (Å²) in [5.74, 6) is 0. The summed E-state index contributed by atoms with van der Waals surface area (Å²) in [6, 6.07) is 44.7. The van der Waals surface area contributed by atoms with Crippen LogP contribution in [0.5, 0.6) is 0 Å². The normalized spacial score (nSPS) is 12.1. The van der Waals surface area contributed by atoms with Gasteiger partial charge < -0.3 is 0 Å². The molecule has 156 valence electrons. The van der Waals surface area contributed by atoms with Gasteiger partial charge in [-0.05, 0) is 76.5 Å². The Morgan fingerprint density at radius 1 is 0.265 bits per heavy atom. The molecule has 1 aliphatic carbocycles. The molecule has 0 N–H and O–H groups in total. The molecule has 0 unspecified atom stereocenters. The Kier molecular flexibility index (Phi) is 3.48. The second-order valence-electron chi connectivity index (χ2n) is 9.26. The third-order valence-electron chi connectivity index (χ3n) is 7.59. The molecule has 0 aromatic heterocycles. The minimum absolute atomic E-state index is 1.31. The molecule has 0 saturated carbocycles. The summed E-state index contributed by atoms with van der Waals surface area (Å²) < 4.78 is 0. The monoisotopic (exact) mass is 428 g/mol. The SMILES string of the molecule is c1ccc2c(c1)-c1cccc3ccc(-c4cccc5c6ccccc6c6ccccc6c45)c-2c13. The molecule has 0 bridgehead atoms. The molecule has 0 amide bonds. The van der Waals surface area contributed by atoms with Crippen molar-refractivity contribution in [1.29, 1.82) is 0 Å². The Balaban J connectivity index is 1.60. The second-order valence-corrected chi connectivity index (χ2v) is 9.26. The highest BCUT2D eigenvalue weighted by Crippen LogP contribution is 2.52. The van der Waals surface area contributed by atoms with Gasteiger partial charge in [-0.25, -0.2) is 0 Å². The molecule has 0 fully saturated rings. The maximum absolute atomic E-state index is 2.34. The molecular formula is C34H20. The topological polar surface area (TPSA) is 0 Å². The van der Waals surface area contributed by atoms with E-state index in [4.69, 9.17) is 0 Å². The van der Waals surface area contributed by atoms with Crippen LogP contribution in [0, 0.1) is 0 Å². The van der Waals surface area contributed by atoms with Crippen LogP contribution in [0.3, 0.4) is 0 Å². The minimum Gasteiger partial charge on any atom is -0.0616 e. The van der Waals surface area contributed by atoms with Crippen molar-refractivity contribution in [2.75, 3.05) is 0 Å². The Labute approximate surface area is 197 Å². The van der Waals surface area contributed by atoms with Crippen molar-refractivity contribution >= 4 is 43.1 Å². The Morgan fingerprint density at radius 2 is 0.765 bits per heavy atom. The van der Waals surface area contributed by atoms with Gasteiger partial charge in [-0.1, -0.05) is 121 Å². The summed E-state index contributed by atoms with van der Waals surface area (Å²) in [6.45, 7) is 0. The van der Waals surface area contributed by atoms with Gasteiger partial charge in [0.2, 0.25) is 0 Å². The first-order valence-electron chi connectivity index (χ1n) is 11.9. The van der Waals surface area contributed by atoms with Gasteiger partial charge in [0, 0.05) is 0 Å². The average molecular weight is 429 g/mol. The van der Waals surface area contributed by atoms with E-state index in [1.165, 1.54) is 76.5 Å². The minimum atomic E-state index is 1.31. The van der Waals surface area contributed by atoms with E-state index in [9.17, 15) is 0 Å².